The average Bonchev–Trinajstić information content (AvgIpc) is 2.75. The third-order valence-electron chi connectivity index (χ3n) is 5.35. The van der Waals surface area contributed by atoms with Crippen LogP contribution in [0.4, 0.5) is 4.39 Å². The molecule has 30 heavy (non-hydrogen) atoms. The van der Waals surface area contributed by atoms with Crippen molar-refractivity contribution in [1.82, 2.24) is 4.90 Å². The zero-order valence-electron chi connectivity index (χ0n) is 17.1. The fourth-order valence-electron chi connectivity index (χ4n) is 3.72. The summed E-state index contributed by atoms with van der Waals surface area (Å²) in [5.74, 6) is -0.188. The summed E-state index contributed by atoms with van der Waals surface area (Å²) in [5.41, 5.74) is 0.849. The van der Waals surface area contributed by atoms with Gasteiger partial charge in [0.05, 0.1) is 23.9 Å². The van der Waals surface area contributed by atoms with Crippen molar-refractivity contribution < 1.29 is 27.1 Å². The monoisotopic (exact) mass is 435 g/mol. The predicted octanol–water partition coefficient (Wildman–Crippen LogP) is 3.20. The number of rotatable bonds is 7. The van der Waals surface area contributed by atoms with Crippen molar-refractivity contribution in [2.75, 3.05) is 20.3 Å². The lowest BCUT2D eigenvalue weighted by Gasteiger charge is -2.37. The Hall–Kier alpha value is -2.45. The number of methoxy groups -OCH3 is 1. The Balaban J connectivity index is 1.81. The first-order valence-electron chi connectivity index (χ1n) is 9.88. The van der Waals surface area contributed by atoms with Crippen LogP contribution in [0.25, 0.3) is 0 Å². The molecular formula is C22H26FNO5S. The highest BCUT2D eigenvalue weighted by molar-refractivity contribution is 7.92. The smallest absolute Gasteiger partial charge is 0.323 e. The van der Waals surface area contributed by atoms with E-state index in [2.05, 4.69) is 0 Å². The second-order valence-corrected chi connectivity index (χ2v) is 9.46. The number of sulfone groups is 1. The first kappa shape index (κ1) is 22.2. The number of nitrogens with zero attached hydrogens (tertiary/aromatic N) is 1. The van der Waals surface area contributed by atoms with Gasteiger partial charge in [-0.2, -0.15) is 0 Å². The van der Waals surface area contributed by atoms with Crippen LogP contribution in [0.15, 0.2) is 53.4 Å². The SMILES string of the molecule is CCOC(=O)C1CC(S(=O)(=O)c2ccc(OC)cc2)CCN1Cc1ccc(F)cc1. The fraction of sp³-hybridized carbons (Fsp3) is 0.409. The highest BCUT2D eigenvalue weighted by atomic mass is 32.2. The molecule has 8 heteroatoms. The van der Waals surface area contributed by atoms with Crippen molar-refractivity contribution >= 4 is 15.8 Å². The van der Waals surface area contributed by atoms with Gasteiger partial charge in [-0.15, -0.1) is 0 Å². The molecule has 2 atom stereocenters. The van der Waals surface area contributed by atoms with E-state index in [-0.39, 0.29) is 23.7 Å². The molecule has 3 rings (SSSR count). The Morgan fingerprint density at radius 2 is 1.80 bits per heavy atom. The number of carbonyl (C=O) groups excluding carboxylic acids is 1. The first-order chi connectivity index (χ1) is 14.3. The summed E-state index contributed by atoms with van der Waals surface area (Å²) in [7, 11) is -2.09. The van der Waals surface area contributed by atoms with Gasteiger partial charge in [-0.3, -0.25) is 9.69 Å². The van der Waals surface area contributed by atoms with E-state index in [1.54, 1.807) is 31.2 Å². The van der Waals surface area contributed by atoms with Crippen molar-refractivity contribution in [1.29, 1.82) is 0 Å². The third-order valence-corrected chi connectivity index (χ3v) is 7.58. The number of esters is 1. The molecule has 0 aliphatic carbocycles. The Labute approximate surface area is 176 Å². The largest absolute Gasteiger partial charge is 0.497 e. The molecule has 2 aromatic carbocycles. The molecule has 6 nitrogen and oxygen atoms in total. The van der Waals surface area contributed by atoms with Crippen LogP contribution in [0, 0.1) is 5.82 Å². The van der Waals surface area contributed by atoms with Crippen LogP contribution >= 0.6 is 0 Å². The van der Waals surface area contributed by atoms with Crippen LogP contribution in [0.5, 0.6) is 5.75 Å². The summed E-state index contributed by atoms with van der Waals surface area (Å²) in [6.45, 7) is 2.77. The molecule has 2 aromatic rings. The zero-order chi connectivity index (χ0) is 21.7. The van der Waals surface area contributed by atoms with E-state index in [0.717, 1.165) is 5.56 Å². The van der Waals surface area contributed by atoms with Gasteiger partial charge >= 0.3 is 5.97 Å². The summed E-state index contributed by atoms with van der Waals surface area (Å²) < 4.78 is 49.8. The highest BCUT2D eigenvalue weighted by Crippen LogP contribution is 2.30. The summed E-state index contributed by atoms with van der Waals surface area (Å²) in [4.78, 5) is 14.7. The van der Waals surface area contributed by atoms with Crippen LogP contribution in [0.3, 0.4) is 0 Å². The molecule has 1 saturated heterocycles. The molecule has 1 aliphatic rings. The lowest BCUT2D eigenvalue weighted by molar-refractivity contribution is -0.151. The molecule has 162 valence electrons. The predicted molar refractivity (Wildman–Crippen MR) is 110 cm³/mol. The number of hydrogen-bond acceptors (Lipinski definition) is 6. The van der Waals surface area contributed by atoms with E-state index in [1.807, 2.05) is 4.90 Å². The molecule has 1 heterocycles. The average molecular weight is 436 g/mol. The second kappa shape index (κ2) is 9.57. The molecule has 0 N–H and O–H groups in total. The summed E-state index contributed by atoms with van der Waals surface area (Å²) in [6.07, 6.45) is 0.542. The van der Waals surface area contributed by atoms with Crippen molar-refractivity contribution in [3.63, 3.8) is 0 Å². The van der Waals surface area contributed by atoms with E-state index in [4.69, 9.17) is 9.47 Å². The summed E-state index contributed by atoms with van der Waals surface area (Å²) in [5, 5.41) is -0.690. The van der Waals surface area contributed by atoms with Gasteiger partial charge in [0.1, 0.15) is 17.6 Å². The standard InChI is InChI=1S/C22H26FNO5S/c1-3-29-22(25)21-14-20(30(26,27)19-10-8-18(28-2)9-11-19)12-13-24(21)15-16-4-6-17(23)7-5-16/h4-11,20-21H,3,12-15H2,1-2H3. The van der Waals surface area contributed by atoms with Gasteiger partial charge in [-0.1, -0.05) is 12.1 Å². The minimum absolute atomic E-state index is 0.147. The number of hydrogen-bond donors (Lipinski definition) is 0. The molecule has 0 aromatic heterocycles. The van der Waals surface area contributed by atoms with Crippen LogP contribution in [-0.4, -0.2) is 50.8 Å². The minimum Gasteiger partial charge on any atom is -0.497 e. The van der Waals surface area contributed by atoms with E-state index in [1.165, 1.54) is 31.4 Å². The zero-order valence-corrected chi connectivity index (χ0v) is 17.9. The van der Waals surface area contributed by atoms with E-state index in [9.17, 15) is 17.6 Å². The number of piperidine rings is 1. The van der Waals surface area contributed by atoms with Gasteiger partial charge in [0.15, 0.2) is 9.84 Å². The van der Waals surface area contributed by atoms with Gasteiger partial charge in [0, 0.05) is 13.1 Å². The van der Waals surface area contributed by atoms with Gasteiger partial charge in [0.2, 0.25) is 0 Å². The lowest BCUT2D eigenvalue weighted by Crippen LogP contribution is -2.50. The van der Waals surface area contributed by atoms with Crippen molar-refractivity contribution in [2.24, 2.45) is 0 Å². The van der Waals surface area contributed by atoms with E-state index in [0.29, 0.717) is 25.3 Å². The van der Waals surface area contributed by atoms with E-state index < -0.39 is 27.1 Å². The minimum atomic E-state index is -3.61. The topological polar surface area (TPSA) is 72.9 Å². The van der Waals surface area contributed by atoms with Gasteiger partial charge < -0.3 is 9.47 Å². The molecule has 1 fully saturated rings. The number of carbonyl (C=O) groups is 1. The molecule has 0 bridgehead atoms. The second-order valence-electron chi connectivity index (χ2n) is 7.23. The molecule has 0 spiro atoms. The Kier molecular flexibility index (Phi) is 7.10. The number of ether oxygens (including phenoxy) is 2. The third kappa shape index (κ3) is 4.99. The maximum Gasteiger partial charge on any atom is 0.323 e. The number of benzene rings is 2. The van der Waals surface area contributed by atoms with Crippen molar-refractivity contribution in [3.05, 3.63) is 59.9 Å². The molecule has 2 unspecified atom stereocenters. The Morgan fingerprint density at radius 1 is 1.13 bits per heavy atom. The maximum atomic E-state index is 13.2. The van der Waals surface area contributed by atoms with Gasteiger partial charge in [-0.05, 0) is 61.7 Å². The molecule has 0 amide bonds. The van der Waals surface area contributed by atoms with E-state index >= 15 is 0 Å². The van der Waals surface area contributed by atoms with Crippen LogP contribution in [0.2, 0.25) is 0 Å². The molecular weight excluding hydrogens is 409 g/mol. The molecule has 0 radical (unpaired) electrons. The maximum absolute atomic E-state index is 13.2. The summed E-state index contributed by atoms with van der Waals surface area (Å²) in [6, 6.07) is 11.7. The summed E-state index contributed by atoms with van der Waals surface area (Å²) >= 11 is 0. The molecule has 0 saturated carbocycles. The molecule has 1 aliphatic heterocycles. The van der Waals surface area contributed by atoms with Gasteiger partial charge in [0.25, 0.3) is 0 Å². The van der Waals surface area contributed by atoms with Crippen LogP contribution in [0.1, 0.15) is 25.3 Å². The fourth-order valence-corrected chi connectivity index (χ4v) is 5.47. The van der Waals surface area contributed by atoms with Crippen molar-refractivity contribution in [2.45, 2.75) is 42.5 Å². The first-order valence-corrected chi connectivity index (χ1v) is 11.4. The van der Waals surface area contributed by atoms with Gasteiger partial charge in [-0.25, -0.2) is 12.8 Å². The van der Waals surface area contributed by atoms with Crippen LogP contribution in [-0.2, 0) is 25.9 Å². The van der Waals surface area contributed by atoms with Crippen molar-refractivity contribution in [3.8, 4) is 5.75 Å². The normalized spacial score (nSPS) is 20.0. The Morgan fingerprint density at radius 3 is 2.40 bits per heavy atom. The lowest BCUT2D eigenvalue weighted by atomic mass is 10.0. The number of likely N-dealkylation sites (tertiary alicyclic amines) is 1. The Bertz CT molecular complexity index is 960. The number of halogens is 1. The quantitative estimate of drug-likeness (QED) is 0.622. The van der Waals surface area contributed by atoms with Crippen LogP contribution < -0.4 is 4.74 Å². The highest BCUT2D eigenvalue weighted by Gasteiger charge is 2.40.